The quantitative estimate of drug-likeness (QED) is 0.921. The van der Waals surface area contributed by atoms with Crippen molar-refractivity contribution in [2.75, 3.05) is 6.54 Å². The van der Waals surface area contributed by atoms with Gasteiger partial charge in [-0.15, -0.1) is 0 Å². The van der Waals surface area contributed by atoms with Gasteiger partial charge in [-0.2, -0.15) is 0 Å². The lowest BCUT2D eigenvalue weighted by atomic mass is 10.2. The number of nitrogens with zero attached hydrogens (tertiary/aromatic N) is 2. The Morgan fingerprint density at radius 3 is 2.78 bits per heavy atom. The highest BCUT2D eigenvalue weighted by Crippen LogP contribution is 2.25. The zero-order chi connectivity index (χ0) is 13.3. The van der Waals surface area contributed by atoms with Gasteiger partial charge in [0, 0.05) is 31.1 Å². The van der Waals surface area contributed by atoms with Crippen LogP contribution in [0.1, 0.15) is 25.2 Å². The van der Waals surface area contributed by atoms with Crippen molar-refractivity contribution in [3.63, 3.8) is 0 Å². The molecule has 98 valence electrons. The first kappa shape index (κ1) is 13.4. The summed E-state index contributed by atoms with van der Waals surface area (Å²) in [5.41, 5.74) is 3.23. The van der Waals surface area contributed by atoms with Crippen molar-refractivity contribution < 1.29 is 0 Å². The van der Waals surface area contributed by atoms with E-state index in [9.17, 15) is 0 Å². The molecule has 0 atom stereocenters. The largest absolute Gasteiger partial charge is 0.331 e. The van der Waals surface area contributed by atoms with E-state index in [0.29, 0.717) is 6.04 Å². The Bertz CT molecular complexity index is 558. The van der Waals surface area contributed by atoms with Gasteiger partial charge in [0.15, 0.2) is 0 Å². The molecule has 3 nitrogen and oxygen atoms in total. The molecule has 0 fully saturated rings. The molecule has 0 spiro atoms. The number of benzene rings is 1. The Labute approximate surface area is 113 Å². The van der Waals surface area contributed by atoms with Crippen LogP contribution in [0.3, 0.4) is 0 Å². The number of aromatic nitrogens is 2. The molecule has 0 aliphatic carbocycles. The van der Waals surface area contributed by atoms with Crippen LogP contribution in [0, 0.1) is 6.92 Å². The lowest BCUT2D eigenvalue weighted by Gasteiger charge is -2.07. The predicted octanol–water partition coefficient (Wildman–Crippen LogP) is 3.08. The summed E-state index contributed by atoms with van der Waals surface area (Å²) >= 11 is 6.13. The Kier molecular flexibility index (Phi) is 3.93. The van der Waals surface area contributed by atoms with Gasteiger partial charge in [-0.3, -0.25) is 0 Å². The minimum Gasteiger partial charge on any atom is -0.331 e. The summed E-state index contributed by atoms with van der Waals surface area (Å²) in [4.78, 5) is 4.71. The Balaban J connectivity index is 2.30. The van der Waals surface area contributed by atoms with Gasteiger partial charge in [0.25, 0.3) is 0 Å². The Hall–Kier alpha value is -1.06. The summed E-state index contributed by atoms with van der Waals surface area (Å²) in [6.45, 7) is 7.27. The highest BCUT2D eigenvalue weighted by molar-refractivity contribution is 6.32. The Morgan fingerprint density at radius 1 is 1.39 bits per heavy atom. The normalized spacial score (nSPS) is 11.7. The van der Waals surface area contributed by atoms with Gasteiger partial charge in [-0.25, -0.2) is 4.98 Å². The van der Waals surface area contributed by atoms with E-state index in [2.05, 4.69) is 30.8 Å². The smallest absolute Gasteiger partial charge is 0.110 e. The number of hydrogen-bond donors (Lipinski definition) is 1. The van der Waals surface area contributed by atoms with Crippen molar-refractivity contribution >= 4 is 22.6 Å². The number of imidazole rings is 1. The third-order valence-corrected chi connectivity index (χ3v) is 3.64. The lowest BCUT2D eigenvalue weighted by Crippen LogP contribution is -2.25. The zero-order valence-corrected chi connectivity index (χ0v) is 12.2. The molecule has 1 heterocycles. The monoisotopic (exact) mass is 265 g/mol. The number of hydrogen-bond acceptors (Lipinski definition) is 2. The van der Waals surface area contributed by atoms with Crippen LogP contribution in [0.25, 0.3) is 11.0 Å². The molecule has 4 heteroatoms. The molecule has 0 saturated carbocycles. The molecule has 0 aliphatic rings. The molecule has 0 saturated heterocycles. The minimum absolute atomic E-state index is 0.510. The third kappa shape index (κ3) is 2.52. The second-order valence-corrected chi connectivity index (χ2v) is 5.39. The highest BCUT2D eigenvalue weighted by Gasteiger charge is 2.11. The fourth-order valence-electron chi connectivity index (χ4n) is 2.11. The van der Waals surface area contributed by atoms with Crippen LogP contribution in [-0.4, -0.2) is 22.1 Å². The maximum Gasteiger partial charge on any atom is 0.110 e. The molecule has 2 rings (SSSR count). The van der Waals surface area contributed by atoms with Crippen LogP contribution >= 0.6 is 11.6 Å². The van der Waals surface area contributed by atoms with Crippen molar-refractivity contribution in [2.24, 2.45) is 7.05 Å². The summed E-state index contributed by atoms with van der Waals surface area (Å²) < 4.78 is 2.15. The number of rotatable bonds is 4. The zero-order valence-electron chi connectivity index (χ0n) is 11.4. The standard InChI is InChI=1S/C14H20ClN3/c1-9(2)16-8-7-13-17-14-10(3)11(15)5-6-12(14)18(13)4/h5-6,9,16H,7-8H2,1-4H3. The number of aryl methyl sites for hydroxylation is 2. The molecule has 0 amide bonds. The summed E-state index contributed by atoms with van der Waals surface area (Å²) in [6.07, 6.45) is 0.931. The number of nitrogens with one attached hydrogen (secondary N) is 1. The van der Waals surface area contributed by atoms with Gasteiger partial charge in [0.05, 0.1) is 11.0 Å². The number of halogens is 1. The van der Waals surface area contributed by atoms with E-state index in [1.807, 2.05) is 19.1 Å². The van der Waals surface area contributed by atoms with Crippen molar-refractivity contribution in [3.05, 3.63) is 28.5 Å². The van der Waals surface area contributed by atoms with E-state index in [4.69, 9.17) is 16.6 Å². The van der Waals surface area contributed by atoms with Crippen LogP contribution < -0.4 is 5.32 Å². The van der Waals surface area contributed by atoms with Crippen LogP contribution in [0.15, 0.2) is 12.1 Å². The average Bonchev–Trinajstić information content (AvgIpc) is 2.62. The van der Waals surface area contributed by atoms with Crippen molar-refractivity contribution in [2.45, 2.75) is 33.2 Å². The first-order chi connectivity index (χ1) is 8.50. The molecular formula is C14H20ClN3. The fraction of sp³-hybridized carbons (Fsp3) is 0.500. The molecule has 1 aromatic heterocycles. The van der Waals surface area contributed by atoms with Crippen molar-refractivity contribution in [1.82, 2.24) is 14.9 Å². The van der Waals surface area contributed by atoms with Gasteiger partial charge in [0.2, 0.25) is 0 Å². The third-order valence-electron chi connectivity index (χ3n) is 3.23. The van der Waals surface area contributed by atoms with Gasteiger partial charge >= 0.3 is 0 Å². The fourth-order valence-corrected chi connectivity index (χ4v) is 2.26. The molecule has 0 aliphatic heterocycles. The topological polar surface area (TPSA) is 29.9 Å². The van der Waals surface area contributed by atoms with E-state index < -0.39 is 0 Å². The SMILES string of the molecule is Cc1c(Cl)ccc2c1nc(CCNC(C)C)n2C. The molecule has 1 aromatic carbocycles. The summed E-state index contributed by atoms with van der Waals surface area (Å²) in [5, 5.41) is 4.20. The molecule has 0 radical (unpaired) electrons. The van der Waals surface area contributed by atoms with E-state index in [0.717, 1.165) is 40.4 Å². The predicted molar refractivity (Wildman–Crippen MR) is 77.3 cm³/mol. The molecule has 1 N–H and O–H groups in total. The second kappa shape index (κ2) is 5.29. The second-order valence-electron chi connectivity index (χ2n) is 4.99. The van der Waals surface area contributed by atoms with Crippen LogP contribution in [-0.2, 0) is 13.5 Å². The van der Waals surface area contributed by atoms with Gasteiger partial charge in [-0.05, 0) is 24.6 Å². The summed E-state index contributed by atoms with van der Waals surface area (Å²) in [5.74, 6) is 1.10. The molecule has 2 aromatic rings. The van der Waals surface area contributed by atoms with Crippen molar-refractivity contribution in [1.29, 1.82) is 0 Å². The summed E-state index contributed by atoms with van der Waals surface area (Å²) in [6, 6.07) is 4.49. The lowest BCUT2D eigenvalue weighted by molar-refractivity contribution is 0.578. The Morgan fingerprint density at radius 2 is 2.11 bits per heavy atom. The van der Waals surface area contributed by atoms with Crippen molar-refractivity contribution in [3.8, 4) is 0 Å². The van der Waals surface area contributed by atoms with E-state index in [1.165, 1.54) is 0 Å². The number of fused-ring (bicyclic) bond motifs is 1. The summed E-state index contributed by atoms with van der Waals surface area (Å²) in [7, 11) is 2.06. The first-order valence-electron chi connectivity index (χ1n) is 6.34. The molecular weight excluding hydrogens is 246 g/mol. The maximum atomic E-state index is 6.13. The highest BCUT2D eigenvalue weighted by atomic mass is 35.5. The minimum atomic E-state index is 0.510. The van der Waals surface area contributed by atoms with E-state index in [1.54, 1.807) is 0 Å². The van der Waals surface area contributed by atoms with Crippen LogP contribution in [0.2, 0.25) is 5.02 Å². The average molecular weight is 266 g/mol. The molecule has 0 bridgehead atoms. The van der Waals surface area contributed by atoms with E-state index in [-0.39, 0.29) is 0 Å². The van der Waals surface area contributed by atoms with Crippen LogP contribution in [0.5, 0.6) is 0 Å². The van der Waals surface area contributed by atoms with Gasteiger partial charge in [-0.1, -0.05) is 25.4 Å². The van der Waals surface area contributed by atoms with Gasteiger partial charge < -0.3 is 9.88 Å². The molecule has 18 heavy (non-hydrogen) atoms. The van der Waals surface area contributed by atoms with Crippen LogP contribution in [0.4, 0.5) is 0 Å². The van der Waals surface area contributed by atoms with Gasteiger partial charge in [0.1, 0.15) is 5.82 Å². The molecule has 0 unspecified atom stereocenters. The van der Waals surface area contributed by atoms with E-state index >= 15 is 0 Å². The maximum absolute atomic E-state index is 6.13. The first-order valence-corrected chi connectivity index (χ1v) is 6.72.